The summed E-state index contributed by atoms with van der Waals surface area (Å²) in [4.78, 5) is 17.8. The van der Waals surface area contributed by atoms with Crippen molar-refractivity contribution in [3.63, 3.8) is 0 Å². The molecule has 1 aromatic heterocycles. The molecule has 3 aromatic rings. The fourth-order valence-electron chi connectivity index (χ4n) is 2.80. The molecule has 3 rings (SSSR count). The number of hydrogen-bond donors (Lipinski definition) is 1. The minimum Gasteiger partial charge on any atom is -0.492 e. The number of anilines is 1. The predicted octanol–water partition coefficient (Wildman–Crippen LogP) is 4.67. The summed E-state index contributed by atoms with van der Waals surface area (Å²) in [5.74, 6) is -0.146. The Balaban J connectivity index is 1.92. The number of benzene rings is 2. The fraction of sp³-hybridized carbons (Fsp3) is 0.238. The Kier molecular flexibility index (Phi) is 7.00. The van der Waals surface area contributed by atoms with Crippen LogP contribution in [0, 0.1) is 6.92 Å². The summed E-state index contributed by atoms with van der Waals surface area (Å²) in [6, 6.07) is 11.8. The molecule has 0 atom stereocenters. The first-order chi connectivity index (χ1) is 14.6. The number of carbonyl (C=O) groups excluding carboxylic acids is 1. The van der Waals surface area contributed by atoms with E-state index in [1.807, 2.05) is 12.1 Å². The zero-order valence-electron chi connectivity index (χ0n) is 17.5. The van der Waals surface area contributed by atoms with E-state index in [1.54, 1.807) is 32.0 Å². The van der Waals surface area contributed by atoms with E-state index in [0.29, 0.717) is 32.9 Å². The van der Waals surface area contributed by atoms with E-state index in [9.17, 15) is 13.2 Å². The average molecular weight is 480 g/mol. The molecule has 0 aliphatic heterocycles. The SMILES string of the molecule is CCOc1ccc(NC(=O)c2sc(-c3cccc(Cl)c3)nc2C)cc1S(=O)(=O)N(C)C. The second-order valence-corrected chi connectivity index (χ2v) is 10.3. The average Bonchev–Trinajstić information content (AvgIpc) is 3.11. The van der Waals surface area contributed by atoms with E-state index in [-0.39, 0.29) is 16.6 Å². The maximum Gasteiger partial charge on any atom is 0.267 e. The van der Waals surface area contributed by atoms with Crippen LogP contribution in [-0.2, 0) is 10.0 Å². The van der Waals surface area contributed by atoms with E-state index in [0.717, 1.165) is 9.87 Å². The lowest BCUT2D eigenvalue weighted by Gasteiger charge is -2.16. The minimum atomic E-state index is -3.76. The van der Waals surface area contributed by atoms with Crippen molar-refractivity contribution in [3.8, 4) is 16.3 Å². The molecular formula is C21H22ClN3O4S2. The summed E-state index contributed by atoms with van der Waals surface area (Å²) in [7, 11) is -0.884. The molecular weight excluding hydrogens is 458 g/mol. The first-order valence-corrected chi connectivity index (χ1v) is 12.0. The Morgan fingerprint density at radius 3 is 2.61 bits per heavy atom. The van der Waals surface area contributed by atoms with Gasteiger partial charge >= 0.3 is 0 Å². The van der Waals surface area contributed by atoms with Crippen molar-refractivity contribution >= 4 is 44.6 Å². The van der Waals surface area contributed by atoms with Gasteiger partial charge in [-0.25, -0.2) is 17.7 Å². The van der Waals surface area contributed by atoms with Gasteiger partial charge in [0.15, 0.2) is 0 Å². The summed E-state index contributed by atoms with van der Waals surface area (Å²) in [6.07, 6.45) is 0. The van der Waals surface area contributed by atoms with Crippen LogP contribution in [0.4, 0.5) is 5.69 Å². The van der Waals surface area contributed by atoms with Crippen LogP contribution >= 0.6 is 22.9 Å². The highest BCUT2D eigenvalue weighted by Gasteiger charge is 2.24. The van der Waals surface area contributed by atoms with Crippen LogP contribution in [0.5, 0.6) is 5.75 Å². The van der Waals surface area contributed by atoms with Gasteiger partial charge in [0.05, 0.1) is 12.3 Å². The van der Waals surface area contributed by atoms with E-state index < -0.39 is 10.0 Å². The Bertz CT molecular complexity index is 1220. The minimum absolute atomic E-state index is 0.0159. The summed E-state index contributed by atoms with van der Waals surface area (Å²) in [5, 5.41) is 4.02. The number of rotatable bonds is 7. The molecule has 1 heterocycles. The normalized spacial score (nSPS) is 11.5. The molecule has 7 nitrogen and oxygen atoms in total. The zero-order valence-corrected chi connectivity index (χ0v) is 19.9. The third-order valence-corrected chi connectivity index (χ3v) is 7.61. The van der Waals surface area contributed by atoms with Crippen molar-refractivity contribution in [2.45, 2.75) is 18.7 Å². The Hall–Kier alpha value is -2.46. The monoisotopic (exact) mass is 479 g/mol. The largest absolute Gasteiger partial charge is 0.492 e. The standard InChI is InChI=1S/C21H22ClN3O4S2/c1-5-29-17-10-9-16(12-18(17)31(27,28)25(3)4)24-20(26)19-13(2)23-21(30-19)14-7-6-8-15(22)11-14/h6-12H,5H2,1-4H3,(H,24,26). The zero-order chi connectivity index (χ0) is 22.8. The second kappa shape index (κ2) is 9.35. The van der Waals surface area contributed by atoms with Crippen LogP contribution in [0.1, 0.15) is 22.3 Å². The summed E-state index contributed by atoms with van der Waals surface area (Å²) < 4.78 is 31.9. The lowest BCUT2D eigenvalue weighted by molar-refractivity contribution is 0.102. The van der Waals surface area contributed by atoms with Crippen LogP contribution in [0.3, 0.4) is 0 Å². The van der Waals surface area contributed by atoms with Crippen LogP contribution < -0.4 is 10.1 Å². The Labute approximate surface area is 190 Å². The molecule has 1 N–H and O–H groups in total. The van der Waals surface area contributed by atoms with Gasteiger partial charge in [-0.3, -0.25) is 4.79 Å². The maximum atomic E-state index is 12.9. The molecule has 0 aliphatic rings. The van der Waals surface area contributed by atoms with Crippen molar-refractivity contribution in [1.29, 1.82) is 0 Å². The van der Waals surface area contributed by atoms with Crippen molar-refractivity contribution in [2.75, 3.05) is 26.0 Å². The molecule has 0 bridgehead atoms. The second-order valence-electron chi connectivity index (χ2n) is 6.78. The van der Waals surface area contributed by atoms with Gasteiger partial charge in [-0.1, -0.05) is 23.7 Å². The lowest BCUT2D eigenvalue weighted by atomic mass is 10.2. The highest BCUT2D eigenvalue weighted by molar-refractivity contribution is 7.89. The number of aromatic nitrogens is 1. The summed E-state index contributed by atoms with van der Waals surface area (Å²) in [5.41, 5.74) is 1.73. The van der Waals surface area contributed by atoms with Crippen molar-refractivity contribution in [2.24, 2.45) is 0 Å². The highest BCUT2D eigenvalue weighted by Crippen LogP contribution is 2.32. The van der Waals surface area contributed by atoms with E-state index in [1.165, 1.54) is 37.6 Å². The lowest BCUT2D eigenvalue weighted by Crippen LogP contribution is -2.23. The summed E-state index contributed by atoms with van der Waals surface area (Å²) in [6.45, 7) is 3.83. The molecule has 0 unspecified atom stereocenters. The van der Waals surface area contributed by atoms with E-state index >= 15 is 0 Å². The smallest absolute Gasteiger partial charge is 0.267 e. The van der Waals surface area contributed by atoms with Crippen molar-refractivity contribution in [3.05, 3.63) is 58.1 Å². The molecule has 0 spiro atoms. The van der Waals surface area contributed by atoms with Crippen LogP contribution in [0.25, 0.3) is 10.6 Å². The molecule has 164 valence electrons. The molecule has 0 fully saturated rings. The number of ether oxygens (including phenoxy) is 1. The van der Waals surface area contributed by atoms with Crippen LogP contribution in [-0.4, -0.2) is 44.3 Å². The third kappa shape index (κ3) is 5.07. The Morgan fingerprint density at radius 1 is 1.23 bits per heavy atom. The maximum absolute atomic E-state index is 12.9. The fourth-order valence-corrected chi connectivity index (χ4v) is 5.00. The van der Waals surface area contributed by atoms with Gasteiger partial charge in [0, 0.05) is 30.4 Å². The number of carbonyl (C=O) groups is 1. The molecule has 0 aliphatic carbocycles. The highest BCUT2D eigenvalue weighted by atomic mass is 35.5. The number of hydrogen-bond acceptors (Lipinski definition) is 6. The molecule has 0 saturated carbocycles. The number of thiazole rings is 1. The quantitative estimate of drug-likeness (QED) is 0.531. The van der Waals surface area contributed by atoms with Gasteiger partial charge in [-0.15, -0.1) is 11.3 Å². The molecule has 31 heavy (non-hydrogen) atoms. The number of sulfonamides is 1. The summed E-state index contributed by atoms with van der Waals surface area (Å²) >= 11 is 7.30. The Morgan fingerprint density at radius 2 is 1.97 bits per heavy atom. The molecule has 2 aromatic carbocycles. The van der Waals surface area contributed by atoms with Gasteiger partial charge in [-0.05, 0) is 44.2 Å². The van der Waals surface area contributed by atoms with Gasteiger partial charge in [0.2, 0.25) is 10.0 Å². The van der Waals surface area contributed by atoms with Gasteiger partial charge in [0.25, 0.3) is 5.91 Å². The van der Waals surface area contributed by atoms with Gasteiger partial charge in [-0.2, -0.15) is 0 Å². The molecule has 0 saturated heterocycles. The first-order valence-electron chi connectivity index (χ1n) is 9.37. The van der Waals surface area contributed by atoms with Gasteiger partial charge in [0.1, 0.15) is 20.5 Å². The first kappa shape index (κ1) is 23.2. The van der Waals surface area contributed by atoms with E-state index in [2.05, 4.69) is 10.3 Å². The molecule has 0 radical (unpaired) electrons. The number of amides is 1. The van der Waals surface area contributed by atoms with Crippen LogP contribution in [0.15, 0.2) is 47.4 Å². The molecule has 10 heteroatoms. The third-order valence-electron chi connectivity index (χ3n) is 4.33. The number of aryl methyl sites for hydroxylation is 1. The number of halogens is 1. The topological polar surface area (TPSA) is 88.6 Å². The number of nitrogens with one attached hydrogen (secondary N) is 1. The number of nitrogens with zero attached hydrogens (tertiary/aromatic N) is 2. The molecule has 1 amide bonds. The predicted molar refractivity (Wildman–Crippen MR) is 124 cm³/mol. The van der Waals surface area contributed by atoms with Crippen LogP contribution in [0.2, 0.25) is 5.02 Å². The van der Waals surface area contributed by atoms with Crippen molar-refractivity contribution < 1.29 is 17.9 Å². The van der Waals surface area contributed by atoms with Gasteiger partial charge < -0.3 is 10.1 Å². The van der Waals surface area contributed by atoms with Crippen molar-refractivity contribution in [1.82, 2.24) is 9.29 Å². The van der Waals surface area contributed by atoms with E-state index in [4.69, 9.17) is 16.3 Å².